The largest absolute Gasteiger partial charge is 0.446 e. The maximum absolute atomic E-state index is 11.9. The van der Waals surface area contributed by atoms with Crippen LogP contribution in [0.25, 0.3) is 0 Å². The van der Waals surface area contributed by atoms with E-state index in [1.165, 1.54) is 39.0 Å². The summed E-state index contributed by atoms with van der Waals surface area (Å²) in [4.78, 5) is 25.2. The molecule has 1 saturated heterocycles. The molecule has 128 valence electrons. The van der Waals surface area contributed by atoms with Gasteiger partial charge in [0.1, 0.15) is 5.78 Å². The lowest BCUT2D eigenvalue weighted by Gasteiger charge is -2.29. The van der Waals surface area contributed by atoms with E-state index in [0.29, 0.717) is 12.5 Å². The number of nitrogens with zero attached hydrogens (tertiary/aromatic N) is 1. The van der Waals surface area contributed by atoms with Crippen molar-refractivity contribution in [3.63, 3.8) is 0 Å². The first-order valence-electron chi connectivity index (χ1n) is 9.03. The SMILES string of the molecule is CCCCCCCN1C(OC(=O)CCC(C)=O)CC[C@H]1CC. The van der Waals surface area contributed by atoms with E-state index in [9.17, 15) is 9.59 Å². The summed E-state index contributed by atoms with van der Waals surface area (Å²) in [6, 6.07) is 0.539. The van der Waals surface area contributed by atoms with Crippen LogP contribution < -0.4 is 0 Å². The van der Waals surface area contributed by atoms with Crippen LogP contribution in [0.2, 0.25) is 0 Å². The molecule has 1 fully saturated rings. The minimum atomic E-state index is -0.229. The highest BCUT2D eigenvalue weighted by Crippen LogP contribution is 2.28. The average Bonchev–Trinajstić information content (AvgIpc) is 2.87. The molecule has 0 aliphatic carbocycles. The Morgan fingerprint density at radius 3 is 2.41 bits per heavy atom. The second-order valence-corrected chi connectivity index (χ2v) is 6.44. The summed E-state index contributed by atoms with van der Waals surface area (Å²) >= 11 is 0. The molecule has 0 bridgehead atoms. The maximum atomic E-state index is 11.9. The van der Waals surface area contributed by atoms with Crippen LogP contribution in [0.15, 0.2) is 0 Å². The first kappa shape index (κ1) is 19.1. The first-order chi connectivity index (χ1) is 10.6. The van der Waals surface area contributed by atoms with E-state index in [-0.39, 0.29) is 24.4 Å². The topological polar surface area (TPSA) is 46.6 Å². The fourth-order valence-electron chi connectivity index (χ4n) is 3.18. The second-order valence-electron chi connectivity index (χ2n) is 6.44. The number of Topliss-reactive ketones (excluding diaryl/α,β-unsaturated/α-hetero) is 1. The van der Waals surface area contributed by atoms with Crippen molar-refractivity contribution in [3.05, 3.63) is 0 Å². The zero-order valence-corrected chi connectivity index (χ0v) is 14.6. The predicted molar refractivity (Wildman–Crippen MR) is 88.6 cm³/mol. The van der Waals surface area contributed by atoms with Crippen LogP contribution in [0.1, 0.15) is 85.0 Å². The highest BCUT2D eigenvalue weighted by Gasteiger charge is 2.34. The Hall–Kier alpha value is -0.900. The molecule has 1 aliphatic rings. The lowest BCUT2D eigenvalue weighted by Crippen LogP contribution is -2.39. The number of unbranched alkanes of at least 4 members (excludes halogenated alkanes) is 4. The number of carbonyl (C=O) groups excluding carboxylic acids is 2. The van der Waals surface area contributed by atoms with Gasteiger partial charge in [0.2, 0.25) is 0 Å². The third-order valence-corrected chi connectivity index (χ3v) is 4.53. The molecule has 1 unspecified atom stereocenters. The van der Waals surface area contributed by atoms with Gasteiger partial charge in [-0.05, 0) is 32.6 Å². The normalized spacial score (nSPS) is 22.0. The van der Waals surface area contributed by atoms with Crippen LogP contribution in [-0.4, -0.2) is 35.5 Å². The Balaban J connectivity index is 2.39. The van der Waals surface area contributed by atoms with Gasteiger partial charge in [0, 0.05) is 19.0 Å². The third-order valence-electron chi connectivity index (χ3n) is 4.53. The molecule has 1 heterocycles. The lowest BCUT2D eigenvalue weighted by molar-refractivity contribution is -0.158. The number of carbonyl (C=O) groups is 2. The van der Waals surface area contributed by atoms with Crippen molar-refractivity contribution in [1.29, 1.82) is 0 Å². The van der Waals surface area contributed by atoms with Crippen LogP contribution in [0.4, 0.5) is 0 Å². The summed E-state index contributed by atoms with van der Waals surface area (Å²) < 4.78 is 5.62. The summed E-state index contributed by atoms with van der Waals surface area (Å²) in [6.07, 6.45) is 9.88. The van der Waals surface area contributed by atoms with Gasteiger partial charge in [-0.25, -0.2) is 0 Å². The number of likely N-dealkylation sites (tertiary alicyclic amines) is 1. The summed E-state index contributed by atoms with van der Waals surface area (Å²) in [5.74, 6) is -0.185. The Bertz CT molecular complexity index is 343. The van der Waals surface area contributed by atoms with Crippen molar-refractivity contribution in [2.45, 2.75) is 97.2 Å². The number of hydrogen-bond donors (Lipinski definition) is 0. The van der Waals surface area contributed by atoms with Crippen LogP contribution in [0.5, 0.6) is 0 Å². The van der Waals surface area contributed by atoms with Gasteiger partial charge in [-0.15, -0.1) is 0 Å². The van der Waals surface area contributed by atoms with Crippen molar-refractivity contribution >= 4 is 11.8 Å². The smallest absolute Gasteiger partial charge is 0.307 e. The number of ether oxygens (including phenoxy) is 1. The molecule has 22 heavy (non-hydrogen) atoms. The van der Waals surface area contributed by atoms with Crippen LogP contribution in [-0.2, 0) is 14.3 Å². The van der Waals surface area contributed by atoms with Gasteiger partial charge < -0.3 is 9.53 Å². The van der Waals surface area contributed by atoms with E-state index in [1.807, 2.05) is 0 Å². The molecule has 0 saturated carbocycles. The van der Waals surface area contributed by atoms with E-state index in [1.54, 1.807) is 0 Å². The van der Waals surface area contributed by atoms with Crippen molar-refractivity contribution < 1.29 is 14.3 Å². The zero-order chi connectivity index (χ0) is 16.4. The summed E-state index contributed by atoms with van der Waals surface area (Å²) in [5, 5.41) is 0. The van der Waals surface area contributed by atoms with E-state index in [2.05, 4.69) is 18.7 Å². The van der Waals surface area contributed by atoms with Crippen LogP contribution in [0.3, 0.4) is 0 Å². The summed E-state index contributed by atoms with van der Waals surface area (Å²) in [7, 11) is 0. The fourth-order valence-corrected chi connectivity index (χ4v) is 3.18. The summed E-state index contributed by atoms with van der Waals surface area (Å²) in [5.41, 5.74) is 0. The minimum absolute atomic E-state index is 0.0441. The van der Waals surface area contributed by atoms with Crippen molar-refractivity contribution in [3.8, 4) is 0 Å². The standard InChI is InChI=1S/C18H33NO3/c1-4-6-7-8-9-14-19-16(5-2)11-12-17(19)22-18(21)13-10-15(3)20/h16-17H,4-14H2,1-3H3/t16-,17?/m1/s1. The van der Waals surface area contributed by atoms with Gasteiger partial charge in [0.05, 0.1) is 6.42 Å². The zero-order valence-electron chi connectivity index (χ0n) is 14.6. The first-order valence-corrected chi connectivity index (χ1v) is 9.03. The molecule has 0 aromatic carbocycles. The third kappa shape index (κ3) is 6.91. The lowest BCUT2D eigenvalue weighted by atomic mass is 10.1. The molecule has 0 spiro atoms. The van der Waals surface area contributed by atoms with Gasteiger partial charge in [0.15, 0.2) is 6.23 Å². The molecule has 4 heteroatoms. The molecule has 0 radical (unpaired) electrons. The molecular formula is C18H33NO3. The highest BCUT2D eigenvalue weighted by molar-refractivity contribution is 5.81. The highest BCUT2D eigenvalue weighted by atomic mass is 16.6. The Morgan fingerprint density at radius 2 is 1.77 bits per heavy atom. The monoisotopic (exact) mass is 311 g/mol. The maximum Gasteiger partial charge on any atom is 0.307 e. The molecular weight excluding hydrogens is 278 g/mol. The molecule has 0 aromatic heterocycles. The van der Waals surface area contributed by atoms with Gasteiger partial charge >= 0.3 is 5.97 Å². The summed E-state index contributed by atoms with van der Waals surface area (Å²) in [6.45, 7) is 6.96. The molecule has 0 N–H and O–H groups in total. The van der Waals surface area contributed by atoms with Gasteiger partial charge in [0.25, 0.3) is 0 Å². The number of hydrogen-bond acceptors (Lipinski definition) is 4. The van der Waals surface area contributed by atoms with Crippen LogP contribution >= 0.6 is 0 Å². The molecule has 1 rings (SSSR count). The van der Waals surface area contributed by atoms with Crippen molar-refractivity contribution in [1.82, 2.24) is 4.90 Å². The minimum Gasteiger partial charge on any atom is -0.446 e. The molecule has 0 amide bonds. The van der Waals surface area contributed by atoms with Crippen LogP contribution in [0, 0.1) is 0 Å². The molecule has 0 aromatic rings. The van der Waals surface area contributed by atoms with E-state index < -0.39 is 0 Å². The average molecular weight is 311 g/mol. The predicted octanol–water partition coefficient (Wildman–Crippen LogP) is 4.07. The molecule has 2 atom stereocenters. The van der Waals surface area contributed by atoms with E-state index in [0.717, 1.165) is 25.8 Å². The van der Waals surface area contributed by atoms with Gasteiger partial charge in [-0.3, -0.25) is 9.69 Å². The molecule has 4 nitrogen and oxygen atoms in total. The second kappa shape index (κ2) is 10.8. The quantitative estimate of drug-likeness (QED) is 0.426. The molecule has 1 aliphatic heterocycles. The Morgan fingerprint density at radius 1 is 1.05 bits per heavy atom. The number of ketones is 1. The van der Waals surface area contributed by atoms with E-state index >= 15 is 0 Å². The van der Waals surface area contributed by atoms with E-state index in [4.69, 9.17) is 4.74 Å². The van der Waals surface area contributed by atoms with Crippen molar-refractivity contribution in [2.24, 2.45) is 0 Å². The Labute approximate surface area is 135 Å². The number of rotatable bonds is 11. The number of esters is 1. The fraction of sp³-hybridized carbons (Fsp3) is 0.889. The van der Waals surface area contributed by atoms with Gasteiger partial charge in [-0.2, -0.15) is 0 Å². The van der Waals surface area contributed by atoms with Gasteiger partial charge in [-0.1, -0.05) is 39.5 Å². The van der Waals surface area contributed by atoms with Crippen molar-refractivity contribution in [2.75, 3.05) is 6.54 Å². The Kier molecular flexibility index (Phi) is 9.37.